The second-order valence-electron chi connectivity index (χ2n) is 7.49. The number of aryl methyl sites for hydroxylation is 1. The molecule has 32 heavy (non-hydrogen) atoms. The monoisotopic (exact) mass is 479 g/mol. The smallest absolute Gasteiger partial charge is 0.374 e. The second-order valence-corrected chi connectivity index (χ2v) is 9.33. The minimum atomic E-state index is -5.04. The van der Waals surface area contributed by atoms with Gasteiger partial charge in [0.05, 0.1) is 6.42 Å². The lowest BCUT2D eigenvalue weighted by atomic mass is 9.95. The number of carbonyl (C=O) groups is 1. The molecule has 3 N–H and O–H groups in total. The molecule has 0 fully saturated rings. The molecule has 10 heteroatoms. The van der Waals surface area contributed by atoms with Crippen LogP contribution in [-0.4, -0.2) is 33.7 Å². The second kappa shape index (κ2) is 8.68. The van der Waals surface area contributed by atoms with Crippen LogP contribution in [0.25, 0.3) is 10.9 Å². The lowest BCUT2D eigenvalue weighted by molar-refractivity contribution is -0.267. The van der Waals surface area contributed by atoms with Crippen LogP contribution in [0.2, 0.25) is 0 Å². The number of hydrogen-bond acceptors (Lipinski definition) is 5. The molecule has 1 aromatic carbocycles. The number of aliphatic hydroxyl groups is 1. The van der Waals surface area contributed by atoms with E-state index in [1.807, 2.05) is 48.0 Å². The standard InChI is InChI=1S/C22H20F3N3O2S2/c1-13-12-32-20(28-13)21(30,22(23,24)25)9-19(29)27-11-16(18-7-4-8-31-18)15-10-26-17-6-3-2-5-14(15)17/h2-8,10,12,16,26,30H,9,11H2,1H3,(H,27,29). The van der Waals surface area contributed by atoms with Gasteiger partial charge in [-0.1, -0.05) is 24.3 Å². The summed E-state index contributed by atoms with van der Waals surface area (Å²) in [6.07, 6.45) is -4.35. The molecule has 168 valence electrons. The highest BCUT2D eigenvalue weighted by molar-refractivity contribution is 7.10. The molecule has 4 rings (SSSR count). The third-order valence-corrected chi connectivity index (χ3v) is 7.34. The Morgan fingerprint density at radius 2 is 2.00 bits per heavy atom. The molecule has 0 aliphatic carbocycles. The molecule has 0 saturated carbocycles. The van der Waals surface area contributed by atoms with Gasteiger partial charge >= 0.3 is 6.18 Å². The molecule has 0 bridgehead atoms. The number of para-hydroxylation sites is 1. The number of amides is 1. The molecule has 0 aliphatic rings. The van der Waals surface area contributed by atoms with Crippen LogP contribution in [0.5, 0.6) is 0 Å². The van der Waals surface area contributed by atoms with E-state index in [1.165, 1.54) is 23.6 Å². The lowest BCUT2D eigenvalue weighted by Crippen LogP contribution is -2.46. The van der Waals surface area contributed by atoms with Crippen molar-refractivity contribution < 1.29 is 23.1 Å². The van der Waals surface area contributed by atoms with E-state index in [9.17, 15) is 23.1 Å². The van der Waals surface area contributed by atoms with Crippen molar-refractivity contribution in [2.45, 2.75) is 31.0 Å². The van der Waals surface area contributed by atoms with E-state index < -0.39 is 29.1 Å². The third-order valence-electron chi connectivity index (χ3n) is 5.24. The SMILES string of the molecule is Cc1csc(C(O)(CC(=O)NCC(c2cccs2)c2c[nH]c3ccccc23)C(F)(F)F)n1. The van der Waals surface area contributed by atoms with Crippen molar-refractivity contribution in [2.75, 3.05) is 6.54 Å². The van der Waals surface area contributed by atoms with Gasteiger partial charge < -0.3 is 15.4 Å². The normalized spacial score (nSPS) is 14.9. The number of thiazole rings is 1. The summed E-state index contributed by atoms with van der Waals surface area (Å²) >= 11 is 2.19. The Kier molecular flexibility index (Phi) is 6.11. The molecule has 3 aromatic heterocycles. The number of rotatable bonds is 7. The van der Waals surface area contributed by atoms with Crippen LogP contribution in [0.3, 0.4) is 0 Å². The number of aromatic amines is 1. The van der Waals surface area contributed by atoms with Crippen LogP contribution in [0.4, 0.5) is 13.2 Å². The molecule has 2 unspecified atom stereocenters. The zero-order valence-corrected chi connectivity index (χ0v) is 18.6. The summed E-state index contributed by atoms with van der Waals surface area (Å²) in [7, 11) is 0. The van der Waals surface area contributed by atoms with E-state index in [2.05, 4.69) is 15.3 Å². The van der Waals surface area contributed by atoms with Crippen LogP contribution in [0.15, 0.2) is 53.4 Å². The number of nitrogens with one attached hydrogen (secondary N) is 2. The summed E-state index contributed by atoms with van der Waals surface area (Å²) in [6, 6.07) is 11.5. The molecule has 0 radical (unpaired) electrons. The van der Waals surface area contributed by atoms with Crippen molar-refractivity contribution in [1.29, 1.82) is 0 Å². The van der Waals surface area contributed by atoms with E-state index in [-0.39, 0.29) is 12.5 Å². The van der Waals surface area contributed by atoms with Crippen molar-refractivity contribution in [1.82, 2.24) is 15.3 Å². The Morgan fingerprint density at radius 1 is 1.22 bits per heavy atom. The zero-order chi connectivity index (χ0) is 22.9. The fraction of sp³-hybridized carbons (Fsp3) is 0.273. The molecular weight excluding hydrogens is 459 g/mol. The first-order chi connectivity index (χ1) is 15.2. The van der Waals surface area contributed by atoms with Gasteiger partial charge in [-0.15, -0.1) is 22.7 Å². The largest absolute Gasteiger partial charge is 0.424 e. The number of thiophene rings is 1. The number of H-pyrrole nitrogens is 1. The van der Waals surface area contributed by atoms with Gasteiger partial charge in [0.1, 0.15) is 5.01 Å². The van der Waals surface area contributed by atoms with Gasteiger partial charge in [-0.05, 0) is 30.0 Å². The Morgan fingerprint density at radius 3 is 2.66 bits per heavy atom. The molecule has 2 atom stereocenters. The fourth-order valence-corrected chi connectivity index (χ4v) is 5.35. The van der Waals surface area contributed by atoms with Crippen LogP contribution < -0.4 is 5.32 Å². The topological polar surface area (TPSA) is 78.0 Å². The number of carbonyl (C=O) groups excluding carboxylic acids is 1. The van der Waals surface area contributed by atoms with Gasteiger partial charge in [-0.3, -0.25) is 4.79 Å². The van der Waals surface area contributed by atoms with Gasteiger partial charge in [-0.25, -0.2) is 4.98 Å². The average Bonchev–Trinajstić information content (AvgIpc) is 3.49. The molecule has 3 heterocycles. The Labute approximate surface area is 189 Å². The highest BCUT2D eigenvalue weighted by Gasteiger charge is 2.58. The van der Waals surface area contributed by atoms with Crippen LogP contribution in [0.1, 0.15) is 33.5 Å². The van der Waals surface area contributed by atoms with E-state index >= 15 is 0 Å². The molecular formula is C22H20F3N3O2S2. The van der Waals surface area contributed by atoms with Crippen LogP contribution >= 0.6 is 22.7 Å². The highest BCUT2D eigenvalue weighted by atomic mass is 32.1. The van der Waals surface area contributed by atoms with Crippen molar-refractivity contribution in [2.24, 2.45) is 0 Å². The third kappa shape index (κ3) is 4.30. The maximum absolute atomic E-state index is 13.7. The number of alkyl halides is 3. The van der Waals surface area contributed by atoms with Gasteiger partial charge in [-0.2, -0.15) is 13.2 Å². The predicted octanol–water partition coefficient (Wildman–Crippen LogP) is 5.08. The first-order valence-electron chi connectivity index (χ1n) is 9.77. The number of nitrogens with zero attached hydrogens (tertiary/aromatic N) is 1. The van der Waals surface area contributed by atoms with E-state index in [1.54, 1.807) is 0 Å². The zero-order valence-electron chi connectivity index (χ0n) is 16.9. The summed E-state index contributed by atoms with van der Waals surface area (Å²) in [5, 5.41) is 16.8. The van der Waals surface area contributed by atoms with Gasteiger partial charge in [0, 0.05) is 45.5 Å². The van der Waals surface area contributed by atoms with Crippen molar-refractivity contribution >= 4 is 39.5 Å². The molecule has 0 aliphatic heterocycles. The van der Waals surface area contributed by atoms with Crippen molar-refractivity contribution in [3.63, 3.8) is 0 Å². The molecule has 5 nitrogen and oxygen atoms in total. The maximum atomic E-state index is 13.7. The Hall–Kier alpha value is -2.69. The molecule has 4 aromatic rings. The van der Waals surface area contributed by atoms with Gasteiger partial charge in [0.15, 0.2) is 0 Å². The first kappa shape index (κ1) is 22.5. The van der Waals surface area contributed by atoms with Crippen molar-refractivity contribution in [3.05, 3.63) is 74.5 Å². The molecule has 1 amide bonds. The number of fused-ring (bicyclic) bond motifs is 1. The first-order valence-corrected chi connectivity index (χ1v) is 11.5. The summed E-state index contributed by atoms with van der Waals surface area (Å²) in [6.45, 7) is 1.62. The number of benzene rings is 1. The number of hydrogen-bond donors (Lipinski definition) is 3. The number of halogens is 3. The average molecular weight is 480 g/mol. The lowest BCUT2D eigenvalue weighted by Gasteiger charge is -2.28. The van der Waals surface area contributed by atoms with E-state index in [0.29, 0.717) is 17.0 Å². The van der Waals surface area contributed by atoms with E-state index in [4.69, 9.17) is 0 Å². The fourth-order valence-electron chi connectivity index (χ4n) is 3.59. The van der Waals surface area contributed by atoms with E-state index in [0.717, 1.165) is 21.3 Å². The quantitative estimate of drug-likeness (QED) is 0.346. The summed E-state index contributed by atoms with van der Waals surface area (Å²) in [4.78, 5) is 20.5. The van der Waals surface area contributed by atoms with Crippen molar-refractivity contribution in [3.8, 4) is 0 Å². The predicted molar refractivity (Wildman–Crippen MR) is 119 cm³/mol. The minimum Gasteiger partial charge on any atom is -0.374 e. The summed E-state index contributed by atoms with van der Waals surface area (Å²) in [5.74, 6) is -1.16. The maximum Gasteiger partial charge on any atom is 0.424 e. The molecule has 0 saturated heterocycles. The van der Waals surface area contributed by atoms with Gasteiger partial charge in [0.25, 0.3) is 0 Å². The Bertz CT molecular complexity index is 1220. The van der Waals surface area contributed by atoms with Crippen LogP contribution in [-0.2, 0) is 10.4 Å². The van der Waals surface area contributed by atoms with Gasteiger partial charge in [0.2, 0.25) is 11.5 Å². The number of aromatic nitrogens is 2. The summed E-state index contributed by atoms with van der Waals surface area (Å²) in [5.41, 5.74) is -1.12. The minimum absolute atomic E-state index is 0.0893. The highest BCUT2D eigenvalue weighted by Crippen LogP contribution is 2.43. The Balaban J connectivity index is 1.56. The van der Waals surface area contributed by atoms with Crippen LogP contribution in [0, 0.1) is 6.92 Å². The summed E-state index contributed by atoms with van der Waals surface area (Å²) < 4.78 is 41.1. The molecule has 0 spiro atoms.